The summed E-state index contributed by atoms with van der Waals surface area (Å²) in [6, 6.07) is 4.41. The normalized spacial score (nSPS) is 22.1. The molecule has 0 aromatic heterocycles. The summed E-state index contributed by atoms with van der Waals surface area (Å²) < 4.78 is 27.2. The molecular weight excluding hydrogens is 334 g/mol. The van der Waals surface area contributed by atoms with E-state index < -0.39 is 11.6 Å². The summed E-state index contributed by atoms with van der Waals surface area (Å²) in [7, 11) is 0. The number of hydrogen-bond acceptors (Lipinski definition) is 2. The van der Waals surface area contributed by atoms with Crippen LogP contribution in [-0.2, 0) is 11.3 Å². The van der Waals surface area contributed by atoms with Crippen LogP contribution in [0.25, 0.3) is 0 Å². The Kier molecular flexibility index (Phi) is 6.63. The fourth-order valence-corrected chi connectivity index (χ4v) is 4.38. The molecule has 0 saturated carbocycles. The minimum Gasteiger partial charge on any atom is -0.342 e. The third-order valence-corrected chi connectivity index (χ3v) is 6.05. The number of likely N-dealkylation sites (tertiary alicyclic amines) is 2. The molecule has 1 amide bonds. The van der Waals surface area contributed by atoms with Crippen molar-refractivity contribution in [2.24, 2.45) is 11.8 Å². The van der Waals surface area contributed by atoms with Gasteiger partial charge in [-0.2, -0.15) is 0 Å². The van der Waals surface area contributed by atoms with Gasteiger partial charge in [-0.25, -0.2) is 8.78 Å². The number of carbonyl (C=O) groups is 1. The van der Waals surface area contributed by atoms with Crippen LogP contribution in [0.15, 0.2) is 18.2 Å². The van der Waals surface area contributed by atoms with Crippen molar-refractivity contribution in [1.82, 2.24) is 9.80 Å². The van der Waals surface area contributed by atoms with Gasteiger partial charge in [-0.3, -0.25) is 9.69 Å². The molecule has 2 fully saturated rings. The van der Waals surface area contributed by atoms with Crippen LogP contribution in [0.4, 0.5) is 8.78 Å². The van der Waals surface area contributed by atoms with E-state index in [0.29, 0.717) is 36.3 Å². The highest BCUT2D eigenvalue weighted by atomic mass is 19.2. The van der Waals surface area contributed by atoms with E-state index in [0.717, 1.165) is 58.3 Å². The summed E-state index contributed by atoms with van der Waals surface area (Å²) in [5.74, 6) is 0.0809. The molecule has 1 aromatic carbocycles. The van der Waals surface area contributed by atoms with Crippen molar-refractivity contribution in [2.75, 3.05) is 26.2 Å². The largest absolute Gasteiger partial charge is 0.342 e. The second-order valence-corrected chi connectivity index (χ2v) is 7.82. The Bertz CT molecular complexity index is 614. The molecule has 2 aliphatic rings. The number of nitrogens with zero attached hydrogens (tertiary/aromatic N) is 2. The maximum Gasteiger partial charge on any atom is 0.222 e. The van der Waals surface area contributed by atoms with Gasteiger partial charge in [0, 0.05) is 31.6 Å². The highest BCUT2D eigenvalue weighted by Gasteiger charge is 2.33. The van der Waals surface area contributed by atoms with Crippen LogP contribution in [0.1, 0.15) is 51.0 Å². The first-order valence-corrected chi connectivity index (χ1v) is 10.0. The Morgan fingerprint density at radius 2 is 1.85 bits per heavy atom. The van der Waals surface area contributed by atoms with Gasteiger partial charge in [0.15, 0.2) is 11.6 Å². The Hall–Kier alpha value is -1.49. The Labute approximate surface area is 155 Å². The van der Waals surface area contributed by atoms with Crippen molar-refractivity contribution < 1.29 is 13.6 Å². The van der Waals surface area contributed by atoms with E-state index in [1.165, 1.54) is 6.07 Å². The van der Waals surface area contributed by atoms with Crippen molar-refractivity contribution in [2.45, 2.75) is 52.0 Å². The van der Waals surface area contributed by atoms with Gasteiger partial charge in [0.25, 0.3) is 0 Å². The number of unbranched alkanes of at least 4 members (excludes halogenated alkanes) is 1. The second-order valence-electron chi connectivity index (χ2n) is 7.82. The lowest BCUT2D eigenvalue weighted by atomic mass is 9.83. The topological polar surface area (TPSA) is 23.6 Å². The van der Waals surface area contributed by atoms with E-state index in [1.54, 1.807) is 12.1 Å². The Morgan fingerprint density at radius 3 is 2.58 bits per heavy atom. The van der Waals surface area contributed by atoms with Gasteiger partial charge in [0.1, 0.15) is 0 Å². The highest BCUT2D eigenvalue weighted by Crippen LogP contribution is 2.32. The molecule has 1 aromatic rings. The molecule has 1 unspecified atom stereocenters. The number of rotatable bonds is 6. The van der Waals surface area contributed by atoms with E-state index in [-0.39, 0.29) is 0 Å². The number of halogens is 2. The predicted molar refractivity (Wildman–Crippen MR) is 98.6 cm³/mol. The third-order valence-electron chi connectivity index (χ3n) is 6.05. The molecule has 26 heavy (non-hydrogen) atoms. The van der Waals surface area contributed by atoms with Crippen molar-refractivity contribution in [3.63, 3.8) is 0 Å². The zero-order chi connectivity index (χ0) is 18.5. The first-order valence-electron chi connectivity index (χ1n) is 10.0. The van der Waals surface area contributed by atoms with Crippen LogP contribution in [-0.4, -0.2) is 41.9 Å². The van der Waals surface area contributed by atoms with Gasteiger partial charge in [0.2, 0.25) is 5.91 Å². The molecule has 144 valence electrons. The second kappa shape index (κ2) is 8.94. The third kappa shape index (κ3) is 4.61. The zero-order valence-electron chi connectivity index (χ0n) is 15.7. The molecule has 3 rings (SSSR count). The van der Waals surface area contributed by atoms with Crippen molar-refractivity contribution in [3.05, 3.63) is 35.4 Å². The van der Waals surface area contributed by atoms with Crippen LogP contribution < -0.4 is 0 Å². The summed E-state index contributed by atoms with van der Waals surface area (Å²) in [4.78, 5) is 16.5. The maximum absolute atomic E-state index is 13.8. The fraction of sp³-hybridized carbons (Fsp3) is 0.667. The van der Waals surface area contributed by atoms with Crippen LogP contribution in [0.5, 0.6) is 0 Å². The minimum atomic E-state index is -0.767. The van der Waals surface area contributed by atoms with E-state index >= 15 is 0 Å². The van der Waals surface area contributed by atoms with Gasteiger partial charge in [-0.05, 0) is 56.7 Å². The molecule has 0 N–H and O–H groups in total. The monoisotopic (exact) mass is 364 g/mol. The van der Waals surface area contributed by atoms with Crippen molar-refractivity contribution >= 4 is 5.91 Å². The maximum atomic E-state index is 13.8. The Balaban J connectivity index is 1.45. The van der Waals surface area contributed by atoms with Gasteiger partial charge >= 0.3 is 0 Å². The number of carbonyl (C=O) groups excluding carboxylic acids is 1. The molecule has 3 nitrogen and oxygen atoms in total. The van der Waals surface area contributed by atoms with E-state index in [1.807, 2.05) is 0 Å². The summed E-state index contributed by atoms with van der Waals surface area (Å²) >= 11 is 0. The van der Waals surface area contributed by atoms with Crippen LogP contribution in [0.2, 0.25) is 0 Å². The van der Waals surface area contributed by atoms with E-state index in [2.05, 4.69) is 16.7 Å². The molecule has 0 spiro atoms. The summed E-state index contributed by atoms with van der Waals surface area (Å²) in [5, 5.41) is 0. The first-order chi connectivity index (χ1) is 12.6. The van der Waals surface area contributed by atoms with Crippen LogP contribution >= 0.6 is 0 Å². The molecule has 5 heteroatoms. The van der Waals surface area contributed by atoms with Gasteiger partial charge in [-0.15, -0.1) is 0 Å². The van der Waals surface area contributed by atoms with Gasteiger partial charge in [-0.1, -0.05) is 25.5 Å². The van der Waals surface area contributed by atoms with Crippen molar-refractivity contribution in [3.8, 4) is 0 Å². The predicted octanol–water partition coefficient (Wildman–Crippen LogP) is 4.22. The average molecular weight is 364 g/mol. The number of piperidine rings is 1. The standard InChI is InChI=1S/C21H30F2N2O/c1-2-3-7-20(26)25-13-10-17(15-25)16-8-11-24(12-9-16)14-18-5-4-6-19(22)21(18)23/h4-6,16-17H,2-3,7-15H2,1H3. The van der Waals surface area contributed by atoms with Gasteiger partial charge in [0.05, 0.1) is 0 Å². The number of benzene rings is 1. The minimum absolute atomic E-state index is 0.313. The summed E-state index contributed by atoms with van der Waals surface area (Å²) in [6.07, 6.45) is 6.00. The Morgan fingerprint density at radius 1 is 1.12 bits per heavy atom. The number of hydrogen-bond donors (Lipinski definition) is 0. The number of amides is 1. The van der Waals surface area contributed by atoms with Crippen LogP contribution in [0.3, 0.4) is 0 Å². The molecule has 0 radical (unpaired) electrons. The fourth-order valence-electron chi connectivity index (χ4n) is 4.38. The lowest BCUT2D eigenvalue weighted by molar-refractivity contribution is -0.130. The smallest absolute Gasteiger partial charge is 0.222 e. The lowest BCUT2D eigenvalue weighted by Gasteiger charge is -2.35. The average Bonchev–Trinajstić information content (AvgIpc) is 3.14. The highest BCUT2D eigenvalue weighted by molar-refractivity contribution is 5.76. The van der Waals surface area contributed by atoms with Crippen molar-refractivity contribution in [1.29, 1.82) is 0 Å². The lowest BCUT2D eigenvalue weighted by Crippen LogP contribution is -2.37. The van der Waals surface area contributed by atoms with Crippen LogP contribution in [0, 0.1) is 23.5 Å². The van der Waals surface area contributed by atoms with E-state index in [9.17, 15) is 13.6 Å². The first kappa shape index (κ1) is 19.3. The quantitative estimate of drug-likeness (QED) is 0.755. The molecule has 2 heterocycles. The summed E-state index contributed by atoms with van der Waals surface area (Å²) in [6.45, 7) is 6.24. The summed E-state index contributed by atoms with van der Waals surface area (Å²) in [5.41, 5.74) is 0.442. The molecule has 2 saturated heterocycles. The zero-order valence-corrected chi connectivity index (χ0v) is 15.7. The molecular formula is C21H30F2N2O. The molecule has 1 atom stereocenters. The van der Waals surface area contributed by atoms with E-state index in [4.69, 9.17) is 0 Å². The molecule has 2 aliphatic heterocycles. The SMILES string of the molecule is CCCCC(=O)N1CCC(C2CCN(Cc3cccc(F)c3F)CC2)C1. The molecule has 0 bridgehead atoms. The molecule has 0 aliphatic carbocycles. The van der Waals surface area contributed by atoms with Gasteiger partial charge < -0.3 is 4.90 Å².